The molecule has 1 aromatic heterocycles. The van der Waals surface area contributed by atoms with Crippen LogP contribution in [0.5, 0.6) is 11.5 Å². The highest BCUT2D eigenvalue weighted by Crippen LogP contribution is 2.41. The Morgan fingerprint density at radius 3 is 2.79 bits per heavy atom. The highest BCUT2D eigenvalue weighted by molar-refractivity contribution is 7.98. The number of fused-ring (bicyclic) bond motifs is 1. The number of ether oxygens (including phenoxy) is 2. The van der Waals surface area contributed by atoms with Crippen LogP contribution in [0, 0.1) is 6.92 Å². The Bertz CT molecular complexity index is 921. The molecule has 0 aliphatic carbocycles. The Hall–Kier alpha value is -2.60. The summed E-state index contributed by atoms with van der Waals surface area (Å²) in [7, 11) is 0. The molecule has 0 unspecified atom stereocenters. The first-order valence-corrected chi connectivity index (χ1v) is 8.68. The summed E-state index contributed by atoms with van der Waals surface area (Å²) in [5.74, 6) is 1.52. The van der Waals surface area contributed by atoms with E-state index in [-0.39, 0.29) is 6.79 Å². The second kappa shape index (κ2) is 5.79. The van der Waals surface area contributed by atoms with E-state index in [1.807, 2.05) is 43.5 Å². The fourth-order valence-electron chi connectivity index (χ4n) is 2.87. The average Bonchev–Trinajstić information content (AvgIpc) is 3.23. The van der Waals surface area contributed by atoms with Crippen molar-refractivity contribution in [1.29, 1.82) is 0 Å². The van der Waals surface area contributed by atoms with E-state index in [1.54, 1.807) is 18.0 Å². The Kier molecular flexibility index (Phi) is 3.61. The Morgan fingerprint density at radius 2 is 2.00 bits per heavy atom. The van der Waals surface area contributed by atoms with Crippen molar-refractivity contribution in [2.24, 2.45) is 0 Å². The van der Waals surface area contributed by atoms with Crippen molar-refractivity contribution in [1.82, 2.24) is 5.16 Å². The number of hydrogen-bond donors (Lipinski definition) is 1. The fourth-order valence-corrected chi connectivity index (χ4v) is 3.37. The average molecular weight is 340 g/mol. The Balaban J connectivity index is 1.81. The molecule has 24 heavy (non-hydrogen) atoms. The third-order valence-electron chi connectivity index (χ3n) is 4.04. The van der Waals surface area contributed by atoms with Gasteiger partial charge in [0.15, 0.2) is 11.5 Å². The molecule has 6 heteroatoms. The molecule has 5 nitrogen and oxygen atoms in total. The second-order valence-corrected chi connectivity index (χ2v) is 6.41. The number of aryl methyl sites for hydroxylation is 1. The summed E-state index contributed by atoms with van der Waals surface area (Å²) in [6.07, 6.45) is 3.65. The number of nitrogens with zero attached hydrogens (tertiary/aromatic N) is 1. The molecule has 0 radical (unpaired) electrons. The third-order valence-corrected chi connectivity index (χ3v) is 4.85. The maximum Gasteiger partial charge on any atom is 0.231 e. The van der Waals surface area contributed by atoms with E-state index >= 15 is 0 Å². The van der Waals surface area contributed by atoms with Crippen molar-refractivity contribution in [3.63, 3.8) is 0 Å². The molecule has 122 valence electrons. The van der Waals surface area contributed by atoms with Crippen LogP contribution in [-0.4, -0.2) is 18.2 Å². The molecule has 2 aromatic carbocycles. The van der Waals surface area contributed by atoms with Gasteiger partial charge in [-0.05, 0) is 48.6 Å². The topological polar surface area (TPSA) is 70.5 Å². The molecule has 0 atom stereocenters. The smallest absolute Gasteiger partial charge is 0.231 e. The van der Waals surface area contributed by atoms with Crippen molar-refractivity contribution in [2.45, 2.75) is 11.8 Å². The number of nitrogens with two attached hydrogens (primary N) is 1. The quantitative estimate of drug-likeness (QED) is 0.564. The van der Waals surface area contributed by atoms with Crippen molar-refractivity contribution >= 4 is 17.4 Å². The maximum atomic E-state index is 6.12. The summed E-state index contributed by atoms with van der Waals surface area (Å²) in [6.45, 7) is 2.24. The van der Waals surface area contributed by atoms with E-state index in [4.69, 9.17) is 19.7 Å². The SMILES string of the molecule is CSc1ccc(-c2conc2-c2cc(C)c3c(c2)OCO3)cc1N. The number of thioether (sulfide) groups is 1. The highest BCUT2D eigenvalue weighted by atomic mass is 32.2. The van der Waals surface area contributed by atoms with E-state index in [9.17, 15) is 0 Å². The van der Waals surface area contributed by atoms with E-state index in [0.717, 1.165) is 50.0 Å². The standard InChI is InChI=1S/C18H16N2O3S/c1-10-5-12(7-15-18(10)22-9-21-15)17-13(8-23-20-17)11-3-4-16(24-2)14(19)6-11/h3-8H,9,19H2,1-2H3. The van der Waals surface area contributed by atoms with E-state index in [0.29, 0.717) is 0 Å². The molecule has 4 rings (SSSR count). The Labute approximate surface area is 143 Å². The van der Waals surface area contributed by atoms with Crippen LogP contribution < -0.4 is 15.2 Å². The molecule has 1 aliphatic rings. The lowest BCUT2D eigenvalue weighted by molar-refractivity contribution is 0.173. The summed E-state index contributed by atoms with van der Waals surface area (Å²) in [6, 6.07) is 9.93. The van der Waals surface area contributed by atoms with Crippen LogP contribution in [0.1, 0.15) is 5.56 Å². The number of benzene rings is 2. The number of nitrogen functional groups attached to an aromatic ring is 1. The second-order valence-electron chi connectivity index (χ2n) is 5.56. The van der Waals surface area contributed by atoms with Gasteiger partial charge >= 0.3 is 0 Å². The van der Waals surface area contributed by atoms with E-state index in [2.05, 4.69) is 5.16 Å². The molecule has 0 bridgehead atoms. The Morgan fingerprint density at radius 1 is 1.12 bits per heavy atom. The molecule has 2 heterocycles. The molecule has 0 fully saturated rings. The van der Waals surface area contributed by atoms with Gasteiger partial charge in [-0.2, -0.15) is 0 Å². The first-order valence-electron chi connectivity index (χ1n) is 7.46. The lowest BCUT2D eigenvalue weighted by Crippen LogP contribution is -1.93. The molecule has 0 spiro atoms. The minimum atomic E-state index is 0.248. The summed E-state index contributed by atoms with van der Waals surface area (Å²) in [5.41, 5.74) is 11.4. The highest BCUT2D eigenvalue weighted by Gasteiger charge is 2.21. The monoisotopic (exact) mass is 340 g/mol. The third kappa shape index (κ3) is 2.39. The zero-order valence-electron chi connectivity index (χ0n) is 13.3. The van der Waals surface area contributed by atoms with Gasteiger partial charge in [0.2, 0.25) is 6.79 Å². The zero-order chi connectivity index (χ0) is 16.7. The van der Waals surface area contributed by atoms with Gasteiger partial charge in [-0.3, -0.25) is 0 Å². The molecule has 0 saturated heterocycles. The maximum absolute atomic E-state index is 6.12. The van der Waals surface area contributed by atoms with Crippen molar-refractivity contribution in [3.05, 3.63) is 42.2 Å². The van der Waals surface area contributed by atoms with Gasteiger partial charge in [-0.25, -0.2) is 0 Å². The van der Waals surface area contributed by atoms with Gasteiger partial charge in [0.1, 0.15) is 12.0 Å². The summed E-state index contributed by atoms with van der Waals surface area (Å²) >= 11 is 1.62. The van der Waals surface area contributed by atoms with Gasteiger partial charge < -0.3 is 19.7 Å². The van der Waals surface area contributed by atoms with Crippen molar-refractivity contribution < 1.29 is 14.0 Å². The van der Waals surface area contributed by atoms with Crippen LogP contribution in [-0.2, 0) is 0 Å². The van der Waals surface area contributed by atoms with Crippen LogP contribution >= 0.6 is 11.8 Å². The summed E-state index contributed by atoms with van der Waals surface area (Å²) in [5, 5.41) is 4.18. The molecular formula is C18H16N2O3S. The normalized spacial score (nSPS) is 12.6. The molecule has 0 saturated carbocycles. The lowest BCUT2D eigenvalue weighted by Gasteiger charge is -2.08. The molecular weight excluding hydrogens is 324 g/mol. The fraction of sp³-hybridized carbons (Fsp3) is 0.167. The van der Waals surface area contributed by atoms with Crippen LogP contribution in [0.2, 0.25) is 0 Å². The molecule has 0 amide bonds. The van der Waals surface area contributed by atoms with E-state index in [1.165, 1.54) is 0 Å². The number of rotatable bonds is 3. The van der Waals surface area contributed by atoms with Crippen LogP contribution in [0.25, 0.3) is 22.4 Å². The number of hydrogen-bond acceptors (Lipinski definition) is 6. The molecule has 2 N–H and O–H groups in total. The first-order chi connectivity index (χ1) is 11.7. The van der Waals surface area contributed by atoms with Gasteiger partial charge in [-0.15, -0.1) is 11.8 Å². The van der Waals surface area contributed by atoms with Gasteiger partial charge in [0.05, 0.1) is 0 Å². The lowest BCUT2D eigenvalue weighted by atomic mass is 9.99. The van der Waals surface area contributed by atoms with Gasteiger partial charge in [0.25, 0.3) is 0 Å². The summed E-state index contributed by atoms with van der Waals surface area (Å²) < 4.78 is 16.2. The van der Waals surface area contributed by atoms with Gasteiger partial charge in [0, 0.05) is 21.7 Å². The van der Waals surface area contributed by atoms with Gasteiger partial charge in [-0.1, -0.05) is 11.2 Å². The predicted molar refractivity (Wildman–Crippen MR) is 94.4 cm³/mol. The van der Waals surface area contributed by atoms with Crippen LogP contribution in [0.3, 0.4) is 0 Å². The van der Waals surface area contributed by atoms with E-state index < -0.39 is 0 Å². The number of aromatic nitrogens is 1. The van der Waals surface area contributed by atoms with Crippen LogP contribution in [0.15, 0.2) is 46.0 Å². The molecule has 3 aromatic rings. The minimum Gasteiger partial charge on any atom is -0.454 e. The van der Waals surface area contributed by atoms with Crippen LogP contribution in [0.4, 0.5) is 5.69 Å². The first kappa shape index (κ1) is 15.0. The number of anilines is 1. The predicted octanol–water partition coefficient (Wildman–Crippen LogP) is 4.35. The minimum absolute atomic E-state index is 0.248. The molecule has 1 aliphatic heterocycles. The largest absolute Gasteiger partial charge is 0.454 e. The van der Waals surface area contributed by atoms with Crippen molar-refractivity contribution in [2.75, 3.05) is 18.8 Å². The summed E-state index contributed by atoms with van der Waals surface area (Å²) in [4.78, 5) is 1.05. The van der Waals surface area contributed by atoms with Crippen molar-refractivity contribution in [3.8, 4) is 33.9 Å². The zero-order valence-corrected chi connectivity index (χ0v) is 14.1.